The third kappa shape index (κ3) is 4.06. The molecule has 7 nitrogen and oxygen atoms in total. The number of sulfonamides is 1. The predicted molar refractivity (Wildman–Crippen MR) is 108 cm³/mol. The highest BCUT2D eigenvalue weighted by molar-refractivity contribution is 7.92. The van der Waals surface area contributed by atoms with Crippen LogP contribution in [0.3, 0.4) is 0 Å². The van der Waals surface area contributed by atoms with E-state index in [1.54, 1.807) is 35.2 Å². The molecule has 0 bridgehead atoms. The summed E-state index contributed by atoms with van der Waals surface area (Å²) >= 11 is 0. The molecule has 0 aliphatic carbocycles. The van der Waals surface area contributed by atoms with Gasteiger partial charge in [-0.05, 0) is 56.2 Å². The van der Waals surface area contributed by atoms with Gasteiger partial charge in [0.15, 0.2) is 0 Å². The summed E-state index contributed by atoms with van der Waals surface area (Å²) in [7, 11) is -3.83. The fourth-order valence-corrected chi connectivity index (χ4v) is 4.31. The summed E-state index contributed by atoms with van der Waals surface area (Å²) in [4.78, 5) is 13.5. The SMILES string of the molecule is CCOc1ccc(OCC)c(NS(=O)(=O)c2ccc3c(c2)CCN3C(C)=O)c1. The largest absolute Gasteiger partial charge is 0.494 e. The van der Waals surface area contributed by atoms with Crippen LogP contribution in [-0.2, 0) is 21.2 Å². The van der Waals surface area contributed by atoms with Gasteiger partial charge in [0.05, 0.1) is 23.8 Å². The zero-order valence-corrected chi connectivity index (χ0v) is 17.0. The molecule has 0 saturated carbocycles. The van der Waals surface area contributed by atoms with Crippen LogP contribution in [0.4, 0.5) is 11.4 Å². The van der Waals surface area contributed by atoms with E-state index in [2.05, 4.69) is 4.72 Å². The second kappa shape index (κ2) is 8.10. The number of rotatable bonds is 7. The molecular formula is C20H24N2O5S. The van der Waals surface area contributed by atoms with Crippen LogP contribution in [0.2, 0.25) is 0 Å². The summed E-state index contributed by atoms with van der Waals surface area (Å²) in [5.74, 6) is 0.926. The van der Waals surface area contributed by atoms with Gasteiger partial charge in [-0.1, -0.05) is 0 Å². The van der Waals surface area contributed by atoms with Crippen molar-refractivity contribution in [3.05, 3.63) is 42.0 Å². The monoisotopic (exact) mass is 404 g/mol. The van der Waals surface area contributed by atoms with Crippen molar-refractivity contribution in [1.29, 1.82) is 0 Å². The summed E-state index contributed by atoms with van der Waals surface area (Å²) in [6.45, 7) is 6.62. The van der Waals surface area contributed by atoms with E-state index < -0.39 is 10.0 Å². The molecule has 1 amide bonds. The maximum atomic E-state index is 13.0. The van der Waals surface area contributed by atoms with Gasteiger partial charge in [0.1, 0.15) is 11.5 Å². The van der Waals surface area contributed by atoms with Gasteiger partial charge in [-0.3, -0.25) is 9.52 Å². The van der Waals surface area contributed by atoms with E-state index in [9.17, 15) is 13.2 Å². The van der Waals surface area contributed by atoms with Crippen molar-refractivity contribution in [2.45, 2.75) is 32.1 Å². The molecule has 0 radical (unpaired) electrons. The van der Waals surface area contributed by atoms with Gasteiger partial charge < -0.3 is 14.4 Å². The molecule has 1 N–H and O–H groups in total. The standard InChI is InChI=1S/C20H24N2O5S/c1-4-26-16-6-9-20(27-5-2)18(13-16)21-28(24,25)17-7-8-19-15(12-17)10-11-22(19)14(3)23/h6-9,12-13,21H,4-5,10-11H2,1-3H3. The Hall–Kier alpha value is -2.74. The highest BCUT2D eigenvalue weighted by Crippen LogP contribution is 2.34. The lowest BCUT2D eigenvalue weighted by Gasteiger charge is -2.16. The fourth-order valence-electron chi connectivity index (χ4n) is 3.20. The Bertz CT molecular complexity index is 988. The minimum Gasteiger partial charge on any atom is -0.494 e. The summed E-state index contributed by atoms with van der Waals surface area (Å²) in [6.07, 6.45) is 0.627. The summed E-state index contributed by atoms with van der Waals surface area (Å²) < 4.78 is 39.5. The van der Waals surface area contributed by atoms with Gasteiger partial charge in [0.2, 0.25) is 5.91 Å². The first kappa shape index (κ1) is 20.0. The number of benzene rings is 2. The van der Waals surface area contributed by atoms with E-state index in [0.29, 0.717) is 43.4 Å². The maximum absolute atomic E-state index is 13.0. The molecule has 1 aliphatic rings. The predicted octanol–water partition coefficient (Wildman–Crippen LogP) is 3.19. The number of carbonyl (C=O) groups is 1. The van der Waals surface area contributed by atoms with E-state index in [-0.39, 0.29) is 10.8 Å². The number of hydrogen-bond donors (Lipinski definition) is 1. The number of carbonyl (C=O) groups excluding carboxylic acids is 1. The average molecular weight is 404 g/mol. The van der Waals surface area contributed by atoms with Crippen LogP contribution in [0.1, 0.15) is 26.3 Å². The van der Waals surface area contributed by atoms with Crippen LogP contribution in [0.15, 0.2) is 41.3 Å². The highest BCUT2D eigenvalue weighted by Gasteiger charge is 2.25. The van der Waals surface area contributed by atoms with E-state index in [1.807, 2.05) is 13.8 Å². The molecule has 0 spiro atoms. The zero-order chi connectivity index (χ0) is 20.3. The Balaban J connectivity index is 1.92. The fraction of sp³-hybridized carbons (Fsp3) is 0.350. The number of ether oxygens (including phenoxy) is 2. The molecule has 0 saturated heterocycles. The summed E-state index contributed by atoms with van der Waals surface area (Å²) in [5.41, 5.74) is 1.92. The van der Waals surface area contributed by atoms with Gasteiger partial charge in [0.25, 0.3) is 10.0 Å². The lowest BCUT2D eigenvalue weighted by molar-refractivity contribution is -0.116. The topological polar surface area (TPSA) is 84.9 Å². The van der Waals surface area contributed by atoms with Crippen molar-refractivity contribution in [2.75, 3.05) is 29.4 Å². The molecule has 1 heterocycles. The molecule has 28 heavy (non-hydrogen) atoms. The molecule has 0 unspecified atom stereocenters. The van der Waals surface area contributed by atoms with Gasteiger partial charge in [-0.15, -0.1) is 0 Å². The first-order valence-corrected chi connectivity index (χ1v) is 10.7. The summed E-state index contributed by atoms with van der Waals surface area (Å²) in [5, 5.41) is 0. The molecule has 0 aromatic heterocycles. The van der Waals surface area contributed by atoms with Crippen LogP contribution in [0, 0.1) is 0 Å². The maximum Gasteiger partial charge on any atom is 0.262 e. The summed E-state index contributed by atoms with van der Waals surface area (Å²) in [6, 6.07) is 9.83. The zero-order valence-electron chi connectivity index (χ0n) is 16.2. The van der Waals surface area contributed by atoms with Crippen LogP contribution in [-0.4, -0.2) is 34.1 Å². The molecule has 2 aromatic rings. The van der Waals surface area contributed by atoms with E-state index >= 15 is 0 Å². The molecule has 1 aliphatic heterocycles. The second-order valence-electron chi connectivity index (χ2n) is 6.34. The van der Waals surface area contributed by atoms with Crippen molar-refractivity contribution in [3.63, 3.8) is 0 Å². The van der Waals surface area contributed by atoms with E-state index in [4.69, 9.17) is 9.47 Å². The Morgan fingerprint density at radius 1 is 1.11 bits per heavy atom. The van der Waals surface area contributed by atoms with Gasteiger partial charge >= 0.3 is 0 Å². The molecule has 2 aromatic carbocycles. The van der Waals surface area contributed by atoms with Crippen LogP contribution >= 0.6 is 0 Å². The number of fused-ring (bicyclic) bond motifs is 1. The number of nitrogens with zero attached hydrogens (tertiary/aromatic N) is 1. The van der Waals surface area contributed by atoms with Gasteiger partial charge in [-0.2, -0.15) is 0 Å². The first-order valence-electron chi connectivity index (χ1n) is 9.19. The Labute approximate surface area is 165 Å². The lowest BCUT2D eigenvalue weighted by atomic mass is 10.2. The Kier molecular flexibility index (Phi) is 5.79. The third-order valence-electron chi connectivity index (χ3n) is 4.44. The molecule has 8 heteroatoms. The van der Waals surface area contributed by atoms with E-state index in [0.717, 1.165) is 11.3 Å². The van der Waals surface area contributed by atoms with Gasteiger partial charge in [-0.25, -0.2) is 8.42 Å². The van der Waals surface area contributed by atoms with Crippen molar-refractivity contribution in [1.82, 2.24) is 0 Å². The van der Waals surface area contributed by atoms with Crippen molar-refractivity contribution < 1.29 is 22.7 Å². The van der Waals surface area contributed by atoms with Crippen LogP contribution in [0.5, 0.6) is 11.5 Å². The van der Waals surface area contributed by atoms with Crippen molar-refractivity contribution in [2.24, 2.45) is 0 Å². The Morgan fingerprint density at radius 3 is 2.54 bits per heavy atom. The normalized spacial score (nSPS) is 13.2. The minimum absolute atomic E-state index is 0.0541. The van der Waals surface area contributed by atoms with E-state index in [1.165, 1.54) is 13.0 Å². The molecule has 0 atom stereocenters. The molecular weight excluding hydrogens is 380 g/mol. The van der Waals surface area contributed by atoms with Crippen molar-refractivity contribution >= 4 is 27.3 Å². The first-order chi connectivity index (χ1) is 13.4. The molecule has 0 fully saturated rings. The Morgan fingerprint density at radius 2 is 1.86 bits per heavy atom. The second-order valence-corrected chi connectivity index (χ2v) is 8.02. The number of amides is 1. The number of hydrogen-bond acceptors (Lipinski definition) is 5. The minimum atomic E-state index is -3.83. The average Bonchev–Trinajstić information content (AvgIpc) is 3.07. The van der Waals surface area contributed by atoms with Crippen molar-refractivity contribution in [3.8, 4) is 11.5 Å². The van der Waals surface area contributed by atoms with Crippen LogP contribution in [0.25, 0.3) is 0 Å². The molecule has 3 rings (SSSR count). The smallest absolute Gasteiger partial charge is 0.262 e. The number of nitrogens with one attached hydrogen (secondary N) is 1. The highest BCUT2D eigenvalue weighted by atomic mass is 32.2. The quantitative estimate of drug-likeness (QED) is 0.766. The van der Waals surface area contributed by atoms with Crippen LogP contribution < -0.4 is 19.1 Å². The molecule has 150 valence electrons. The van der Waals surface area contributed by atoms with Gasteiger partial charge in [0, 0.05) is 25.2 Å². The third-order valence-corrected chi connectivity index (χ3v) is 5.81. The number of anilines is 2. The lowest BCUT2D eigenvalue weighted by Crippen LogP contribution is -2.25.